The smallest absolute Gasteiger partial charge is 0.408 e. The summed E-state index contributed by atoms with van der Waals surface area (Å²) in [4.78, 5) is 11.7. The van der Waals surface area contributed by atoms with Crippen molar-refractivity contribution in [3.8, 4) is 0 Å². The number of benzene rings is 1. The molecule has 17 heavy (non-hydrogen) atoms. The molecule has 0 bridgehead atoms. The standard InChI is InChI=1S/C13H16INO2/c1-9(2)4-3-7-15-11-6-5-10(14)8-12(11)17-13(15)16/h5-6,8-9H,3-4,7H2,1-2H3. The first-order valence-electron chi connectivity index (χ1n) is 5.87. The molecular weight excluding hydrogens is 329 g/mol. The summed E-state index contributed by atoms with van der Waals surface area (Å²) >= 11 is 2.21. The minimum Gasteiger partial charge on any atom is -0.408 e. The monoisotopic (exact) mass is 345 g/mol. The molecule has 0 fully saturated rings. The summed E-state index contributed by atoms with van der Waals surface area (Å²) in [5.41, 5.74) is 1.59. The number of oxazole rings is 1. The molecular formula is C13H16INO2. The minimum atomic E-state index is -0.245. The van der Waals surface area contributed by atoms with Gasteiger partial charge < -0.3 is 4.42 Å². The van der Waals surface area contributed by atoms with Crippen LogP contribution in [0.2, 0.25) is 0 Å². The topological polar surface area (TPSA) is 35.1 Å². The van der Waals surface area contributed by atoms with Crippen LogP contribution in [-0.2, 0) is 6.54 Å². The Morgan fingerprint density at radius 2 is 2.18 bits per heavy atom. The zero-order valence-corrected chi connectivity index (χ0v) is 12.2. The molecule has 0 saturated heterocycles. The molecule has 0 aliphatic carbocycles. The number of hydrogen-bond acceptors (Lipinski definition) is 2. The maximum atomic E-state index is 11.7. The van der Waals surface area contributed by atoms with Crippen molar-refractivity contribution in [3.63, 3.8) is 0 Å². The maximum Gasteiger partial charge on any atom is 0.419 e. The molecule has 0 aliphatic heterocycles. The molecule has 0 spiro atoms. The van der Waals surface area contributed by atoms with E-state index in [-0.39, 0.29) is 5.76 Å². The van der Waals surface area contributed by atoms with E-state index in [0.717, 1.165) is 28.5 Å². The Morgan fingerprint density at radius 1 is 1.41 bits per heavy atom. The summed E-state index contributed by atoms with van der Waals surface area (Å²) in [5.74, 6) is 0.426. The molecule has 0 N–H and O–H groups in total. The fourth-order valence-corrected chi connectivity index (χ4v) is 2.37. The van der Waals surface area contributed by atoms with Crippen molar-refractivity contribution in [2.24, 2.45) is 5.92 Å². The first kappa shape index (κ1) is 12.7. The second-order valence-electron chi connectivity index (χ2n) is 4.67. The van der Waals surface area contributed by atoms with Crippen LogP contribution in [0.25, 0.3) is 11.1 Å². The number of halogens is 1. The second-order valence-corrected chi connectivity index (χ2v) is 5.91. The van der Waals surface area contributed by atoms with E-state index in [4.69, 9.17) is 4.42 Å². The van der Waals surface area contributed by atoms with Gasteiger partial charge in [0.15, 0.2) is 5.58 Å². The van der Waals surface area contributed by atoms with E-state index in [1.54, 1.807) is 4.57 Å². The maximum absolute atomic E-state index is 11.7. The molecule has 1 aromatic heterocycles. The zero-order valence-electron chi connectivity index (χ0n) is 10.1. The Morgan fingerprint density at radius 3 is 2.88 bits per heavy atom. The Bertz CT molecular complexity index is 568. The van der Waals surface area contributed by atoms with Crippen LogP contribution >= 0.6 is 22.6 Å². The fraction of sp³-hybridized carbons (Fsp3) is 0.462. The number of rotatable bonds is 4. The number of aryl methyl sites for hydroxylation is 1. The van der Waals surface area contributed by atoms with Crippen LogP contribution in [-0.4, -0.2) is 4.57 Å². The number of hydrogen-bond donors (Lipinski definition) is 0. The average Bonchev–Trinajstić information content (AvgIpc) is 2.54. The molecule has 1 heterocycles. The van der Waals surface area contributed by atoms with E-state index < -0.39 is 0 Å². The summed E-state index contributed by atoms with van der Waals surface area (Å²) in [6.07, 6.45) is 2.14. The minimum absolute atomic E-state index is 0.245. The molecule has 0 unspecified atom stereocenters. The summed E-state index contributed by atoms with van der Waals surface area (Å²) in [7, 11) is 0. The highest BCUT2D eigenvalue weighted by Gasteiger charge is 2.09. The van der Waals surface area contributed by atoms with Gasteiger partial charge in [-0.1, -0.05) is 13.8 Å². The Labute approximate surface area is 114 Å². The third-order valence-electron chi connectivity index (χ3n) is 2.79. The van der Waals surface area contributed by atoms with Gasteiger partial charge in [0.1, 0.15) is 0 Å². The third kappa shape index (κ3) is 2.91. The van der Waals surface area contributed by atoms with Crippen LogP contribution in [0.4, 0.5) is 0 Å². The molecule has 3 nitrogen and oxygen atoms in total. The van der Waals surface area contributed by atoms with Gasteiger partial charge in [-0.3, -0.25) is 4.57 Å². The molecule has 0 aliphatic rings. The van der Waals surface area contributed by atoms with Crippen molar-refractivity contribution >= 4 is 33.7 Å². The molecule has 0 amide bonds. The van der Waals surface area contributed by atoms with Crippen molar-refractivity contribution in [1.82, 2.24) is 4.57 Å². The van der Waals surface area contributed by atoms with Crippen LogP contribution in [0.1, 0.15) is 26.7 Å². The Hall–Kier alpha value is -0.780. The lowest BCUT2D eigenvalue weighted by Gasteiger charge is -2.04. The fourth-order valence-electron chi connectivity index (χ4n) is 1.91. The summed E-state index contributed by atoms with van der Waals surface area (Å²) in [6, 6.07) is 5.85. The Balaban J connectivity index is 2.27. The molecule has 0 atom stereocenters. The quantitative estimate of drug-likeness (QED) is 0.793. The van der Waals surface area contributed by atoms with Crippen molar-refractivity contribution < 1.29 is 4.42 Å². The van der Waals surface area contributed by atoms with E-state index in [9.17, 15) is 4.79 Å². The van der Waals surface area contributed by atoms with Crippen LogP contribution < -0.4 is 5.76 Å². The average molecular weight is 345 g/mol. The van der Waals surface area contributed by atoms with Crippen LogP contribution in [0.15, 0.2) is 27.4 Å². The third-order valence-corrected chi connectivity index (χ3v) is 3.46. The van der Waals surface area contributed by atoms with Gasteiger partial charge in [0.2, 0.25) is 0 Å². The van der Waals surface area contributed by atoms with Gasteiger partial charge in [-0.2, -0.15) is 0 Å². The van der Waals surface area contributed by atoms with Crippen LogP contribution in [0, 0.1) is 9.49 Å². The van der Waals surface area contributed by atoms with Gasteiger partial charge in [-0.25, -0.2) is 4.79 Å². The Kier molecular flexibility index (Phi) is 3.91. The first-order valence-corrected chi connectivity index (χ1v) is 6.94. The largest absolute Gasteiger partial charge is 0.419 e. The summed E-state index contributed by atoms with van der Waals surface area (Å²) in [6.45, 7) is 5.13. The normalized spacial score (nSPS) is 11.5. The van der Waals surface area contributed by atoms with Gasteiger partial charge in [0.05, 0.1) is 5.52 Å². The van der Waals surface area contributed by atoms with E-state index in [1.807, 2.05) is 18.2 Å². The number of nitrogens with zero attached hydrogens (tertiary/aromatic N) is 1. The van der Waals surface area contributed by atoms with E-state index in [1.165, 1.54) is 0 Å². The predicted octanol–water partition coefficient (Wildman–Crippen LogP) is 3.64. The molecule has 92 valence electrons. The molecule has 0 radical (unpaired) electrons. The van der Waals surface area contributed by atoms with Gasteiger partial charge in [0.25, 0.3) is 0 Å². The van der Waals surface area contributed by atoms with E-state index in [0.29, 0.717) is 11.5 Å². The van der Waals surface area contributed by atoms with Crippen molar-refractivity contribution in [2.45, 2.75) is 33.2 Å². The lowest BCUT2D eigenvalue weighted by molar-refractivity contribution is 0.468. The number of aromatic nitrogens is 1. The van der Waals surface area contributed by atoms with Crippen molar-refractivity contribution in [2.75, 3.05) is 0 Å². The predicted molar refractivity (Wildman–Crippen MR) is 77.3 cm³/mol. The van der Waals surface area contributed by atoms with Gasteiger partial charge in [-0.05, 0) is 59.5 Å². The molecule has 0 saturated carbocycles. The van der Waals surface area contributed by atoms with Gasteiger partial charge in [-0.15, -0.1) is 0 Å². The van der Waals surface area contributed by atoms with Crippen molar-refractivity contribution in [3.05, 3.63) is 32.3 Å². The van der Waals surface area contributed by atoms with E-state index in [2.05, 4.69) is 36.4 Å². The van der Waals surface area contributed by atoms with Gasteiger partial charge in [0, 0.05) is 10.1 Å². The van der Waals surface area contributed by atoms with Crippen LogP contribution in [0.5, 0.6) is 0 Å². The van der Waals surface area contributed by atoms with Crippen molar-refractivity contribution in [1.29, 1.82) is 0 Å². The SMILES string of the molecule is CC(C)CCCn1c(=O)oc2cc(I)ccc21. The number of fused-ring (bicyclic) bond motifs is 1. The van der Waals surface area contributed by atoms with E-state index >= 15 is 0 Å². The lowest BCUT2D eigenvalue weighted by Crippen LogP contribution is -2.14. The summed E-state index contributed by atoms with van der Waals surface area (Å²) in [5, 5.41) is 0. The van der Waals surface area contributed by atoms with Gasteiger partial charge >= 0.3 is 5.76 Å². The molecule has 1 aromatic carbocycles. The highest BCUT2D eigenvalue weighted by Crippen LogP contribution is 2.17. The highest BCUT2D eigenvalue weighted by molar-refractivity contribution is 14.1. The zero-order chi connectivity index (χ0) is 12.4. The molecule has 2 aromatic rings. The molecule has 4 heteroatoms. The second kappa shape index (κ2) is 5.25. The van der Waals surface area contributed by atoms with Crippen LogP contribution in [0.3, 0.4) is 0 Å². The summed E-state index contributed by atoms with van der Waals surface area (Å²) < 4.78 is 8.05. The first-order chi connectivity index (χ1) is 8.08. The lowest BCUT2D eigenvalue weighted by atomic mass is 10.1. The molecule has 2 rings (SSSR count). The highest BCUT2D eigenvalue weighted by atomic mass is 127.